The van der Waals surface area contributed by atoms with E-state index < -0.39 is 5.60 Å². The Morgan fingerprint density at radius 2 is 2.25 bits per heavy atom. The zero-order chi connectivity index (χ0) is 14.2. The number of halogens is 3. The summed E-state index contributed by atoms with van der Waals surface area (Å²) >= 11 is 18.5. The van der Waals surface area contributed by atoms with Gasteiger partial charge in [-0.05, 0) is 12.1 Å². The highest BCUT2D eigenvalue weighted by atomic mass is 35.5. The van der Waals surface area contributed by atoms with Crippen molar-refractivity contribution in [3.8, 4) is 0 Å². The molecular weight excluding hydrogens is 321 g/mol. The van der Waals surface area contributed by atoms with Crippen LogP contribution in [0.2, 0.25) is 10.0 Å². The first kappa shape index (κ1) is 14.1. The summed E-state index contributed by atoms with van der Waals surface area (Å²) in [4.78, 5) is 3.95. The average Bonchev–Trinajstić information content (AvgIpc) is 3.00. The average molecular weight is 333 g/mol. The van der Waals surface area contributed by atoms with Gasteiger partial charge in [0.25, 0.3) is 0 Å². The van der Waals surface area contributed by atoms with E-state index in [2.05, 4.69) is 10.1 Å². The molecule has 0 spiro atoms. The molecule has 3 rings (SSSR count). The van der Waals surface area contributed by atoms with Crippen molar-refractivity contribution in [3.05, 3.63) is 46.5 Å². The molecule has 20 heavy (non-hydrogen) atoms. The Balaban J connectivity index is 2.01. The molecular formula is C13H12Cl3N3O. The fourth-order valence-corrected chi connectivity index (χ4v) is 3.44. The van der Waals surface area contributed by atoms with Gasteiger partial charge >= 0.3 is 0 Å². The number of alkyl halides is 1. The lowest BCUT2D eigenvalue weighted by Crippen LogP contribution is -2.31. The molecule has 106 valence electrons. The summed E-state index contributed by atoms with van der Waals surface area (Å²) in [6, 6.07) is 5.40. The van der Waals surface area contributed by atoms with Crippen LogP contribution in [-0.4, -0.2) is 26.7 Å². The fraction of sp³-hybridized carbons (Fsp3) is 0.385. The summed E-state index contributed by atoms with van der Waals surface area (Å²) in [5.41, 5.74) is 0.282. The van der Waals surface area contributed by atoms with Crippen molar-refractivity contribution in [1.82, 2.24) is 14.8 Å². The molecule has 7 heteroatoms. The van der Waals surface area contributed by atoms with E-state index in [1.165, 1.54) is 6.33 Å². The quantitative estimate of drug-likeness (QED) is 0.808. The molecule has 2 atom stereocenters. The van der Waals surface area contributed by atoms with Crippen LogP contribution in [0.4, 0.5) is 0 Å². The minimum Gasteiger partial charge on any atom is -0.367 e. The Kier molecular flexibility index (Phi) is 3.91. The van der Waals surface area contributed by atoms with Crippen LogP contribution >= 0.6 is 34.8 Å². The Morgan fingerprint density at radius 3 is 2.85 bits per heavy atom. The van der Waals surface area contributed by atoms with Gasteiger partial charge in [0.15, 0.2) is 0 Å². The number of aromatic nitrogens is 3. The zero-order valence-corrected chi connectivity index (χ0v) is 12.7. The largest absolute Gasteiger partial charge is 0.367 e. The maximum atomic E-state index is 6.33. The lowest BCUT2D eigenvalue weighted by atomic mass is 9.90. The van der Waals surface area contributed by atoms with Crippen molar-refractivity contribution >= 4 is 34.8 Å². The Morgan fingerprint density at radius 1 is 1.40 bits per heavy atom. The second kappa shape index (κ2) is 5.53. The first-order chi connectivity index (χ1) is 9.59. The van der Waals surface area contributed by atoms with Gasteiger partial charge in [-0.1, -0.05) is 29.3 Å². The second-order valence-corrected chi connectivity index (χ2v) is 6.28. The highest BCUT2D eigenvalue weighted by Crippen LogP contribution is 2.43. The van der Waals surface area contributed by atoms with Crippen LogP contribution < -0.4 is 0 Å². The third kappa shape index (κ3) is 2.66. The summed E-state index contributed by atoms with van der Waals surface area (Å²) in [6.45, 7) is 0.993. The molecule has 0 amide bonds. The van der Waals surface area contributed by atoms with Crippen LogP contribution in [0, 0.1) is 0 Å². The van der Waals surface area contributed by atoms with Gasteiger partial charge in [-0.15, -0.1) is 11.6 Å². The first-order valence-corrected chi connectivity index (χ1v) is 7.34. The third-order valence-corrected chi connectivity index (χ3v) is 4.23. The van der Waals surface area contributed by atoms with Crippen LogP contribution in [-0.2, 0) is 16.9 Å². The Labute approximate surface area is 131 Å². The summed E-state index contributed by atoms with van der Waals surface area (Å²) in [7, 11) is 0. The standard InChI is InChI=1S/C13H12Cl3N3O/c14-9-1-2-11(12(16)3-9)13(4-10(15)5-20-13)6-19-8-17-7-18-19/h1-3,7-8,10H,4-6H2. The topological polar surface area (TPSA) is 39.9 Å². The number of hydrogen-bond acceptors (Lipinski definition) is 3. The lowest BCUT2D eigenvalue weighted by Gasteiger charge is -2.29. The van der Waals surface area contributed by atoms with Gasteiger partial charge in [0.1, 0.15) is 18.3 Å². The minimum atomic E-state index is -0.595. The van der Waals surface area contributed by atoms with Gasteiger partial charge in [-0.25, -0.2) is 9.67 Å². The summed E-state index contributed by atoms with van der Waals surface area (Å²) in [5, 5.41) is 5.25. The van der Waals surface area contributed by atoms with Crippen molar-refractivity contribution in [3.63, 3.8) is 0 Å². The van der Waals surface area contributed by atoms with E-state index in [-0.39, 0.29) is 5.38 Å². The maximum absolute atomic E-state index is 6.33. The SMILES string of the molecule is Clc1ccc(C2(Cn3cncn3)CC(Cl)CO2)c(Cl)c1. The summed E-state index contributed by atoms with van der Waals surface area (Å²) < 4.78 is 7.71. The van der Waals surface area contributed by atoms with Crippen molar-refractivity contribution in [2.75, 3.05) is 6.61 Å². The predicted molar refractivity (Wildman–Crippen MR) is 78.4 cm³/mol. The molecule has 1 aromatic heterocycles. The molecule has 1 aliphatic heterocycles. The Hall–Kier alpha value is -0.810. The second-order valence-electron chi connectivity index (χ2n) is 4.82. The molecule has 0 aliphatic carbocycles. The molecule has 0 bridgehead atoms. The van der Waals surface area contributed by atoms with E-state index in [9.17, 15) is 0 Å². The van der Waals surface area contributed by atoms with E-state index >= 15 is 0 Å². The minimum absolute atomic E-state index is 0.0507. The molecule has 2 unspecified atom stereocenters. The zero-order valence-electron chi connectivity index (χ0n) is 10.5. The Bertz CT molecular complexity index is 605. The van der Waals surface area contributed by atoms with Crippen molar-refractivity contribution in [2.45, 2.75) is 23.9 Å². The fourth-order valence-electron chi connectivity index (χ4n) is 2.54. The van der Waals surface area contributed by atoms with Crippen LogP contribution in [0.1, 0.15) is 12.0 Å². The maximum Gasteiger partial charge on any atom is 0.137 e. The number of hydrogen-bond donors (Lipinski definition) is 0. The van der Waals surface area contributed by atoms with Crippen molar-refractivity contribution in [2.24, 2.45) is 0 Å². The van der Waals surface area contributed by atoms with Gasteiger partial charge in [-0.3, -0.25) is 0 Å². The molecule has 1 aliphatic rings. The van der Waals surface area contributed by atoms with E-state index in [0.29, 0.717) is 29.6 Å². The monoisotopic (exact) mass is 331 g/mol. The highest BCUT2D eigenvalue weighted by Gasteiger charge is 2.43. The van der Waals surface area contributed by atoms with E-state index in [1.54, 1.807) is 23.1 Å². The molecule has 1 aromatic carbocycles. The van der Waals surface area contributed by atoms with E-state index in [1.807, 2.05) is 6.07 Å². The molecule has 0 radical (unpaired) electrons. The molecule has 2 aromatic rings. The van der Waals surface area contributed by atoms with Crippen LogP contribution in [0.25, 0.3) is 0 Å². The van der Waals surface area contributed by atoms with Gasteiger partial charge in [0, 0.05) is 22.0 Å². The van der Waals surface area contributed by atoms with E-state index in [4.69, 9.17) is 39.5 Å². The molecule has 1 fully saturated rings. The third-order valence-electron chi connectivity index (χ3n) is 3.40. The molecule has 0 saturated carbocycles. The summed E-state index contributed by atoms with van der Waals surface area (Å²) in [5.74, 6) is 0. The first-order valence-electron chi connectivity index (χ1n) is 6.15. The number of rotatable bonds is 3. The summed E-state index contributed by atoms with van der Waals surface area (Å²) in [6.07, 6.45) is 3.80. The molecule has 4 nitrogen and oxygen atoms in total. The predicted octanol–water partition coefficient (Wildman–Crippen LogP) is 3.51. The smallest absolute Gasteiger partial charge is 0.137 e. The lowest BCUT2D eigenvalue weighted by molar-refractivity contribution is -0.0169. The van der Waals surface area contributed by atoms with Gasteiger partial charge in [0.05, 0.1) is 18.5 Å². The molecule has 0 N–H and O–H groups in total. The number of benzene rings is 1. The van der Waals surface area contributed by atoms with Gasteiger partial charge < -0.3 is 4.74 Å². The van der Waals surface area contributed by atoms with Gasteiger partial charge in [0.2, 0.25) is 0 Å². The van der Waals surface area contributed by atoms with Crippen LogP contribution in [0.15, 0.2) is 30.9 Å². The number of nitrogens with zero attached hydrogens (tertiary/aromatic N) is 3. The van der Waals surface area contributed by atoms with Gasteiger partial charge in [-0.2, -0.15) is 5.10 Å². The van der Waals surface area contributed by atoms with Crippen molar-refractivity contribution < 1.29 is 4.74 Å². The molecule has 2 heterocycles. The van der Waals surface area contributed by atoms with Crippen LogP contribution in [0.3, 0.4) is 0 Å². The normalized spacial score (nSPS) is 26.1. The van der Waals surface area contributed by atoms with E-state index in [0.717, 1.165) is 5.56 Å². The highest BCUT2D eigenvalue weighted by molar-refractivity contribution is 6.35. The van der Waals surface area contributed by atoms with Crippen molar-refractivity contribution in [1.29, 1.82) is 0 Å². The van der Waals surface area contributed by atoms with Crippen LogP contribution in [0.5, 0.6) is 0 Å². The number of ether oxygens (including phenoxy) is 1. The molecule has 1 saturated heterocycles.